The van der Waals surface area contributed by atoms with Gasteiger partial charge in [-0.15, -0.1) is 0 Å². The summed E-state index contributed by atoms with van der Waals surface area (Å²) in [5, 5.41) is 0. The second-order valence-electron chi connectivity index (χ2n) is 3.33. The number of hydrogen-bond acceptors (Lipinski definition) is 1. The molecule has 0 aliphatic carbocycles. The summed E-state index contributed by atoms with van der Waals surface area (Å²) in [6.07, 6.45) is 1.22. The third kappa shape index (κ3) is 4.05. The standard InChI is InChI=1S/C8H16FN.C2H6/c1-7(2)10-5-3-4-8(9)6-10;1-2/h7-8H,3-6H2,1-2H3;1-2H3. The number of nitrogens with zero attached hydrogens (tertiary/aromatic N) is 1. The van der Waals surface area contributed by atoms with Gasteiger partial charge in [-0.05, 0) is 33.2 Å². The van der Waals surface area contributed by atoms with E-state index in [0.29, 0.717) is 12.6 Å². The van der Waals surface area contributed by atoms with Gasteiger partial charge in [0.15, 0.2) is 0 Å². The maximum Gasteiger partial charge on any atom is 0.113 e. The zero-order valence-corrected chi connectivity index (χ0v) is 8.81. The minimum absolute atomic E-state index is 0.513. The van der Waals surface area contributed by atoms with Crippen LogP contribution in [0.15, 0.2) is 0 Å². The molecule has 0 N–H and O–H groups in total. The Kier molecular flexibility index (Phi) is 6.35. The Bertz CT molecular complexity index is 104. The van der Waals surface area contributed by atoms with E-state index in [-0.39, 0.29) is 0 Å². The summed E-state index contributed by atoms with van der Waals surface area (Å²) < 4.78 is 12.8. The average molecular weight is 175 g/mol. The average Bonchev–Trinajstić information content (AvgIpc) is 2.08. The maximum absolute atomic E-state index is 12.8. The van der Waals surface area contributed by atoms with Crippen molar-refractivity contribution in [1.29, 1.82) is 0 Å². The van der Waals surface area contributed by atoms with Gasteiger partial charge in [-0.1, -0.05) is 13.8 Å². The number of piperidine rings is 1. The molecule has 0 bridgehead atoms. The van der Waals surface area contributed by atoms with E-state index in [0.717, 1.165) is 19.4 Å². The first-order chi connectivity index (χ1) is 5.70. The number of hydrogen-bond donors (Lipinski definition) is 0. The normalized spacial score (nSPS) is 25.0. The van der Waals surface area contributed by atoms with Gasteiger partial charge < -0.3 is 0 Å². The van der Waals surface area contributed by atoms with Crippen molar-refractivity contribution in [3.05, 3.63) is 0 Å². The highest BCUT2D eigenvalue weighted by molar-refractivity contribution is 4.74. The van der Waals surface area contributed by atoms with Crippen molar-refractivity contribution in [1.82, 2.24) is 4.90 Å². The summed E-state index contributed by atoms with van der Waals surface area (Å²) in [6, 6.07) is 0.513. The van der Waals surface area contributed by atoms with Crippen LogP contribution in [0.4, 0.5) is 4.39 Å². The van der Waals surface area contributed by atoms with Crippen LogP contribution in [-0.4, -0.2) is 30.2 Å². The summed E-state index contributed by atoms with van der Waals surface area (Å²) in [4.78, 5) is 2.20. The van der Waals surface area contributed by atoms with Crippen molar-refractivity contribution in [2.24, 2.45) is 0 Å². The Hall–Kier alpha value is -0.110. The van der Waals surface area contributed by atoms with E-state index >= 15 is 0 Å². The Balaban J connectivity index is 0.000000561. The molecule has 0 aromatic rings. The SMILES string of the molecule is CC.CC(C)N1CCCC(F)C1. The molecule has 1 aliphatic heterocycles. The van der Waals surface area contributed by atoms with E-state index in [1.54, 1.807) is 0 Å². The Morgan fingerprint density at radius 2 is 1.92 bits per heavy atom. The van der Waals surface area contributed by atoms with Gasteiger partial charge >= 0.3 is 0 Å². The molecule has 0 aromatic heterocycles. The summed E-state index contributed by atoms with van der Waals surface area (Å²) in [5.74, 6) is 0. The van der Waals surface area contributed by atoms with Crippen LogP contribution in [-0.2, 0) is 0 Å². The minimum Gasteiger partial charge on any atom is -0.298 e. The molecular weight excluding hydrogens is 153 g/mol. The van der Waals surface area contributed by atoms with E-state index < -0.39 is 6.17 Å². The van der Waals surface area contributed by atoms with E-state index in [4.69, 9.17) is 0 Å². The summed E-state index contributed by atoms with van der Waals surface area (Å²) in [7, 11) is 0. The summed E-state index contributed by atoms with van der Waals surface area (Å²) in [6.45, 7) is 9.98. The van der Waals surface area contributed by atoms with Crippen LogP contribution in [0, 0.1) is 0 Å². The lowest BCUT2D eigenvalue weighted by atomic mass is 10.1. The lowest BCUT2D eigenvalue weighted by Gasteiger charge is -2.31. The van der Waals surface area contributed by atoms with Gasteiger partial charge in [0.25, 0.3) is 0 Å². The van der Waals surface area contributed by atoms with Crippen LogP contribution >= 0.6 is 0 Å². The molecule has 1 heterocycles. The van der Waals surface area contributed by atoms with Crippen molar-refractivity contribution in [2.45, 2.75) is 52.8 Å². The Morgan fingerprint density at radius 3 is 2.25 bits per heavy atom. The van der Waals surface area contributed by atoms with Gasteiger partial charge in [-0.3, -0.25) is 4.90 Å². The Labute approximate surface area is 75.9 Å². The first-order valence-corrected chi connectivity index (χ1v) is 5.08. The first-order valence-electron chi connectivity index (χ1n) is 5.08. The van der Waals surface area contributed by atoms with E-state index in [9.17, 15) is 4.39 Å². The van der Waals surface area contributed by atoms with Crippen LogP contribution in [0.25, 0.3) is 0 Å². The topological polar surface area (TPSA) is 3.24 Å². The van der Waals surface area contributed by atoms with Gasteiger partial charge in [-0.25, -0.2) is 4.39 Å². The van der Waals surface area contributed by atoms with E-state index in [1.165, 1.54) is 0 Å². The third-order valence-electron chi connectivity index (χ3n) is 2.13. The highest BCUT2D eigenvalue weighted by Gasteiger charge is 2.20. The molecule has 0 spiro atoms. The third-order valence-corrected chi connectivity index (χ3v) is 2.13. The van der Waals surface area contributed by atoms with Gasteiger partial charge in [0, 0.05) is 12.6 Å². The predicted octanol–water partition coefficient (Wildman–Crippen LogP) is 2.85. The molecule has 1 aliphatic rings. The van der Waals surface area contributed by atoms with Crippen LogP contribution in [0.2, 0.25) is 0 Å². The zero-order chi connectivity index (χ0) is 9.56. The first kappa shape index (κ1) is 11.9. The van der Waals surface area contributed by atoms with Crippen LogP contribution in [0.1, 0.15) is 40.5 Å². The quantitative estimate of drug-likeness (QED) is 0.592. The van der Waals surface area contributed by atoms with Gasteiger partial charge in [-0.2, -0.15) is 0 Å². The van der Waals surface area contributed by atoms with Gasteiger partial charge in [0.1, 0.15) is 6.17 Å². The number of alkyl halides is 1. The highest BCUT2D eigenvalue weighted by Crippen LogP contribution is 2.14. The van der Waals surface area contributed by atoms with Crippen molar-refractivity contribution in [3.63, 3.8) is 0 Å². The summed E-state index contributed by atoms with van der Waals surface area (Å²) in [5.41, 5.74) is 0. The number of likely N-dealkylation sites (tertiary alicyclic amines) is 1. The van der Waals surface area contributed by atoms with Crippen molar-refractivity contribution in [2.75, 3.05) is 13.1 Å². The van der Waals surface area contributed by atoms with Crippen LogP contribution in [0.5, 0.6) is 0 Å². The van der Waals surface area contributed by atoms with Gasteiger partial charge in [0.05, 0.1) is 0 Å². The highest BCUT2D eigenvalue weighted by atomic mass is 19.1. The molecule has 1 rings (SSSR count). The maximum atomic E-state index is 12.8. The zero-order valence-electron chi connectivity index (χ0n) is 8.81. The largest absolute Gasteiger partial charge is 0.298 e. The van der Waals surface area contributed by atoms with Crippen molar-refractivity contribution < 1.29 is 4.39 Å². The minimum atomic E-state index is -0.573. The van der Waals surface area contributed by atoms with Crippen molar-refractivity contribution in [3.8, 4) is 0 Å². The second kappa shape index (κ2) is 6.41. The molecule has 1 saturated heterocycles. The fraction of sp³-hybridized carbons (Fsp3) is 1.00. The summed E-state index contributed by atoms with van der Waals surface area (Å²) >= 11 is 0. The molecule has 0 radical (unpaired) electrons. The molecule has 1 atom stereocenters. The smallest absolute Gasteiger partial charge is 0.113 e. The number of rotatable bonds is 1. The molecule has 0 aromatic carbocycles. The predicted molar refractivity (Wildman–Crippen MR) is 52.2 cm³/mol. The Morgan fingerprint density at radius 1 is 1.33 bits per heavy atom. The van der Waals surface area contributed by atoms with Gasteiger partial charge in [0.2, 0.25) is 0 Å². The molecule has 1 nitrogen and oxygen atoms in total. The molecule has 0 saturated carbocycles. The molecule has 1 unspecified atom stereocenters. The molecule has 2 heteroatoms. The fourth-order valence-corrected chi connectivity index (χ4v) is 1.42. The molecule has 12 heavy (non-hydrogen) atoms. The fourth-order valence-electron chi connectivity index (χ4n) is 1.42. The lowest BCUT2D eigenvalue weighted by Crippen LogP contribution is -2.40. The molecule has 1 fully saturated rings. The second-order valence-corrected chi connectivity index (χ2v) is 3.33. The lowest BCUT2D eigenvalue weighted by molar-refractivity contribution is 0.112. The monoisotopic (exact) mass is 175 g/mol. The van der Waals surface area contributed by atoms with E-state index in [2.05, 4.69) is 18.7 Å². The van der Waals surface area contributed by atoms with Crippen LogP contribution < -0.4 is 0 Å². The number of halogens is 1. The molecular formula is C10H22FN. The molecule has 0 amide bonds. The van der Waals surface area contributed by atoms with Crippen molar-refractivity contribution >= 4 is 0 Å². The van der Waals surface area contributed by atoms with Crippen LogP contribution in [0.3, 0.4) is 0 Å². The van der Waals surface area contributed by atoms with E-state index in [1.807, 2.05) is 13.8 Å². The molecule has 74 valence electrons.